The van der Waals surface area contributed by atoms with E-state index in [0.717, 1.165) is 11.1 Å². The first kappa shape index (κ1) is 32.8. The van der Waals surface area contributed by atoms with Crippen molar-refractivity contribution in [3.05, 3.63) is 160 Å². The maximum atomic E-state index is 14.1. The molecule has 8 nitrogen and oxygen atoms in total. The molecule has 1 aliphatic rings. The summed E-state index contributed by atoms with van der Waals surface area (Å²) < 4.78 is 57.6. The van der Waals surface area contributed by atoms with Gasteiger partial charge in [-0.25, -0.2) is 21.6 Å². The van der Waals surface area contributed by atoms with E-state index in [2.05, 4.69) is 11.3 Å². The van der Waals surface area contributed by atoms with Crippen LogP contribution in [0.3, 0.4) is 0 Å². The van der Waals surface area contributed by atoms with Gasteiger partial charge in [0.2, 0.25) is 10.0 Å². The van der Waals surface area contributed by atoms with Gasteiger partial charge in [0.25, 0.3) is 10.0 Å². The molecule has 4 aromatic carbocycles. The molecule has 0 unspecified atom stereocenters. The molecular weight excluding hydrogens is 642 g/mol. The SMILES string of the molecule is C=C1C=C(Cl)C(=[OH+])C(S(=O)(=O)N(Cc2ccc(-c3ccccc3)cc2)Cc2cccc(CNS(=O)(=O)c3ccc(C#N)cc3)c2)=C1. The second-order valence-corrected chi connectivity index (χ2v) is 14.6. The molecule has 0 fully saturated rings. The molecule has 46 heavy (non-hydrogen) atoms. The second-order valence-electron chi connectivity index (χ2n) is 10.5. The second kappa shape index (κ2) is 13.8. The number of nitriles is 1. The van der Waals surface area contributed by atoms with Crippen molar-refractivity contribution >= 4 is 37.4 Å². The molecule has 0 saturated carbocycles. The highest BCUT2D eigenvalue weighted by molar-refractivity contribution is 7.94. The first-order valence-corrected chi connectivity index (χ1v) is 17.3. The van der Waals surface area contributed by atoms with Crippen LogP contribution in [0.15, 0.2) is 142 Å². The smallest absolute Gasteiger partial charge is 0.271 e. The number of sulfonamides is 2. The minimum absolute atomic E-state index is 0.0179. The Hall–Kier alpha value is -4.63. The van der Waals surface area contributed by atoms with E-state index < -0.39 is 25.8 Å². The molecule has 0 amide bonds. The van der Waals surface area contributed by atoms with Crippen LogP contribution in [0.25, 0.3) is 11.1 Å². The fraction of sp³-hybridized carbons (Fsp3) is 0.0857. The number of rotatable bonds is 11. The number of halogens is 1. The van der Waals surface area contributed by atoms with Gasteiger partial charge in [-0.1, -0.05) is 97.0 Å². The van der Waals surface area contributed by atoms with Gasteiger partial charge in [-0.3, -0.25) is 4.79 Å². The Morgan fingerprint density at radius 3 is 2.09 bits per heavy atom. The lowest BCUT2D eigenvalue weighted by molar-refractivity contribution is 0.406. The van der Waals surface area contributed by atoms with Crippen LogP contribution in [-0.2, 0) is 39.7 Å². The van der Waals surface area contributed by atoms with E-state index in [0.29, 0.717) is 27.8 Å². The number of ketones is 1. The number of hydrogen-bond donors (Lipinski definition) is 1. The van der Waals surface area contributed by atoms with E-state index in [1.807, 2.05) is 60.7 Å². The number of allylic oxidation sites excluding steroid dienone is 5. The first-order valence-electron chi connectivity index (χ1n) is 14.0. The van der Waals surface area contributed by atoms with E-state index in [9.17, 15) is 21.6 Å². The van der Waals surface area contributed by atoms with Crippen molar-refractivity contribution < 1.29 is 21.6 Å². The van der Waals surface area contributed by atoms with Crippen LogP contribution in [0.1, 0.15) is 22.3 Å². The van der Waals surface area contributed by atoms with Crippen LogP contribution in [0.5, 0.6) is 0 Å². The Bertz CT molecular complexity index is 2120. The van der Waals surface area contributed by atoms with Gasteiger partial charge >= 0.3 is 5.78 Å². The summed E-state index contributed by atoms with van der Waals surface area (Å²) in [5.74, 6) is -0.565. The molecule has 11 heteroatoms. The molecule has 0 aromatic heterocycles. The summed E-state index contributed by atoms with van der Waals surface area (Å²) >= 11 is 6.13. The monoisotopic (exact) mass is 670 g/mol. The molecule has 5 rings (SSSR count). The summed E-state index contributed by atoms with van der Waals surface area (Å²) in [6.45, 7) is 3.64. The van der Waals surface area contributed by atoms with E-state index in [4.69, 9.17) is 16.9 Å². The topological polar surface area (TPSA) is 129 Å². The Morgan fingerprint density at radius 2 is 1.41 bits per heavy atom. The maximum absolute atomic E-state index is 14.1. The van der Waals surface area contributed by atoms with Crippen LogP contribution >= 0.6 is 11.6 Å². The molecule has 0 spiro atoms. The molecule has 0 aliphatic heterocycles. The Morgan fingerprint density at radius 1 is 0.783 bits per heavy atom. The highest BCUT2D eigenvalue weighted by Crippen LogP contribution is 2.29. The third-order valence-corrected chi connectivity index (χ3v) is 10.7. The molecule has 0 saturated heterocycles. The summed E-state index contributed by atoms with van der Waals surface area (Å²) in [4.78, 5) is 10.3. The largest absolute Gasteiger partial charge is 0.378 e. The molecule has 0 radical (unpaired) electrons. The van der Waals surface area contributed by atoms with Crippen LogP contribution < -0.4 is 4.72 Å². The van der Waals surface area contributed by atoms with Gasteiger partial charge in [-0.2, -0.15) is 9.57 Å². The van der Waals surface area contributed by atoms with Crippen molar-refractivity contribution in [1.29, 1.82) is 5.26 Å². The average molecular weight is 671 g/mol. The Balaban J connectivity index is 1.41. The van der Waals surface area contributed by atoms with Gasteiger partial charge in [0.1, 0.15) is 5.03 Å². The summed E-state index contributed by atoms with van der Waals surface area (Å²) in [5.41, 5.74) is 4.58. The minimum atomic E-state index is -4.30. The predicted molar refractivity (Wildman–Crippen MR) is 180 cm³/mol. The predicted octanol–water partition coefficient (Wildman–Crippen LogP) is 6.16. The number of nitrogens with zero attached hydrogens (tertiary/aromatic N) is 2. The molecule has 1 aliphatic carbocycles. The fourth-order valence-electron chi connectivity index (χ4n) is 4.84. The molecule has 2 N–H and O–H groups in total. The molecule has 4 aromatic rings. The van der Waals surface area contributed by atoms with Crippen molar-refractivity contribution in [3.63, 3.8) is 0 Å². The summed E-state index contributed by atoms with van der Waals surface area (Å²) in [7, 11) is -8.17. The molecule has 0 heterocycles. The van der Waals surface area contributed by atoms with E-state index in [1.54, 1.807) is 24.3 Å². The van der Waals surface area contributed by atoms with Gasteiger partial charge in [-0.15, -0.1) is 0 Å². The van der Waals surface area contributed by atoms with Crippen molar-refractivity contribution in [3.8, 4) is 17.2 Å². The van der Waals surface area contributed by atoms with Crippen molar-refractivity contribution in [2.24, 2.45) is 0 Å². The third kappa shape index (κ3) is 7.59. The lowest BCUT2D eigenvalue weighted by Gasteiger charge is -2.24. The normalized spacial score (nSPS) is 13.7. The van der Waals surface area contributed by atoms with Gasteiger partial charge in [0, 0.05) is 19.6 Å². The van der Waals surface area contributed by atoms with Gasteiger partial charge < -0.3 is 0 Å². The van der Waals surface area contributed by atoms with Gasteiger partial charge in [0.05, 0.1) is 16.5 Å². The van der Waals surface area contributed by atoms with Crippen molar-refractivity contribution in [2.75, 3.05) is 0 Å². The van der Waals surface area contributed by atoms with Crippen LogP contribution in [0.4, 0.5) is 0 Å². The first-order chi connectivity index (χ1) is 22.0. The third-order valence-electron chi connectivity index (χ3n) is 7.24. The molecule has 232 valence electrons. The Labute approximate surface area is 273 Å². The van der Waals surface area contributed by atoms with Crippen molar-refractivity contribution in [2.45, 2.75) is 24.5 Å². The minimum Gasteiger partial charge on any atom is -0.271 e. The highest BCUT2D eigenvalue weighted by atomic mass is 35.5. The zero-order valence-corrected chi connectivity index (χ0v) is 26.9. The number of nitrogens with one attached hydrogen (secondary N) is 1. The van der Waals surface area contributed by atoms with Crippen LogP contribution in [-0.4, -0.2) is 31.7 Å². The molecular formula is C35H29ClN3O5S2+. The van der Waals surface area contributed by atoms with E-state index in [1.165, 1.54) is 40.7 Å². The molecule has 0 bridgehead atoms. The van der Waals surface area contributed by atoms with Gasteiger partial charge in [-0.05, 0) is 69.8 Å². The van der Waals surface area contributed by atoms with E-state index >= 15 is 0 Å². The van der Waals surface area contributed by atoms with E-state index in [-0.39, 0.29) is 34.5 Å². The van der Waals surface area contributed by atoms with Crippen LogP contribution in [0.2, 0.25) is 0 Å². The standard InChI is InChI=1S/C35H28ClN3O5S2/c1-25-18-33(36)35(40)34(19-25)46(43,44)39(23-27-10-14-31(15-11-27)30-8-3-2-4-9-30)24-29-7-5-6-28(20-29)22-38-45(41,42)32-16-12-26(21-37)13-17-32/h2-20,38H,1,22-24H2/p+1. The fourth-order valence-corrected chi connectivity index (χ4v) is 7.72. The zero-order valence-electron chi connectivity index (χ0n) is 24.5. The summed E-state index contributed by atoms with van der Waals surface area (Å²) in [5, 5.41) is 8.85. The maximum Gasteiger partial charge on any atom is 0.378 e. The summed E-state index contributed by atoms with van der Waals surface area (Å²) in [6.07, 6.45) is 2.65. The number of carbonyl (C=O) groups excluding carboxylic acids is 1. The highest BCUT2D eigenvalue weighted by Gasteiger charge is 2.38. The quantitative estimate of drug-likeness (QED) is 0.191. The Kier molecular flexibility index (Phi) is 9.82. The lowest BCUT2D eigenvalue weighted by atomic mass is 10.0. The number of benzene rings is 4. The van der Waals surface area contributed by atoms with Crippen LogP contribution in [0, 0.1) is 11.3 Å². The zero-order chi connectivity index (χ0) is 32.9. The number of hydrogen-bond acceptors (Lipinski definition) is 5. The molecule has 0 atom stereocenters. The van der Waals surface area contributed by atoms with Crippen molar-refractivity contribution in [1.82, 2.24) is 9.03 Å². The average Bonchev–Trinajstić information content (AvgIpc) is 3.06. The van der Waals surface area contributed by atoms with Gasteiger partial charge in [0.15, 0.2) is 4.91 Å². The lowest BCUT2D eigenvalue weighted by Crippen LogP contribution is -2.34. The summed E-state index contributed by atoms with van der Waals surface area (Å²) in [6, 6.07) is 31.7.